The standard InChI is InChI=1S/C28H16BF12/c1-9-13(30)5-17(34)21(25(9)38)29(22-18(35)6-14(31)10(2)26(22)39,23-19(36)7-15(32)11(3)27(23)40)24-20(37)8-16(33)12(4)28(24)41/h5-8H,1-4H3/q-1. The van der Waals surface area contributed by atoms with Crippen molar-refractivity contribution in [2.45, 2.75) is 27.7 Å². The second kappa shape index (κ2) is 10.2. The van der Waals surface area contributed by atoms with Crippen molar-refractivity contribution in [2.75, 3.05) is 0 Å². The third-order valence-electron chi connectivity index (χ3n) is 7.47. The first kappa shape index (κ1) is 30.1. The van der Waals surface area contributed by atoms with E-state index in [2.05, 4.69) is 0 Å². The van der Waals surface area contributed by atoms with Crippen LogP contribution in [-0.2, 0) is 0 Å². The predicted molar refractivity (Wildman–Crippen MR) is 129 cm³/mol. The zero-order valence-corrected chi connectivity index (χ0v) is 21.4. The maximum absolute atomic E-state index is 16.0. The summed E-state index contributed by atoms with van der Waals surface area (Å²) in [4.78, 5) is 0. The Bertz CT molecular complexity index is 1500. The maximum Gasteiger partial charge on any atom is 0.136 e. The number of rotatable bonds is 4. The Hall–Kier alpha value is -3.90. The van der Waals surface area contributed by atoms with Crippen LogP contribution in [0.3, 0.4) is 0 Å². The van der Waals surface area contributed by atoms with Gasteiger partial charge in [0.1, 0.15) is 29.4 Å². The van der Waals surface area contributed by atoms with Crippen molar-refractivity contribution >= 4 is 28.0 Å². The zero-order valence-electron chi connectivity index (χ0n) is 21.4. The molecule has 0 saturated heterocycles. The van der Waals surface area contributed by atoms with E-state index < -0.39 is 120 Å². The van der Waals surface area contributed by atoms with Crippen LogP contribution in [0.25, 0.3) is 0 Å². The van der Waals surface area contributed by atoms with Crippen LogP contribution >= 0.6 is 0 Å². The van der Waals surface area contributed by atoms with Crippen molar-refractivity contribution in [3.63, 3.8) is 0 Å². The van der Waals surface area contributed by atoms with Crippen LogP contribution in [0, 0.1) is 97.5 Å². The molecule has 0 N–H and O–H groups in total. The van der Waals surface area contributed by atoms with Gasteiger partial charge in [0.05, 0.1) is 46.5 Å². The topological polar surface area (TPSA) is 0 Å². The van der Waals surface area contributed by atoms with Gasteiger partial charge in [0.2, 0.25) is 0 Å². The first-order chi connectivity index (χ1) is 19.0. The van der Waals surface area contributed by atoms with E-state index in [0.29, 0.717) is 27.7 Å². The highest BCUT2D eigenvalue weighted by atomic mass is 19.2. The summed E-state index contributed by atoms with van der Waals surface area (Å²) in [5.41, 5.74) is -11.9. The van der Waals surface area contributed by atoms with Crippen molar-refractivity contribution in [3.8, 4) is 0 Å². The van der Waals surface area contributed by atoms with Crippen LogP contribution in [0.1, 0.15) is 22.3 Å². The Labute approximate surface area is 225 Å². The second-order valence-corrected chi connectivity index (χ2v) is 9.64. The smallest absolute Gasteiger partial charge is 0.136 e. The summed E-state index contributed by atoms with van der Waals surface area (Å²) in [6.07, 6.45) is -5.22. The molecule has 0 amide bonds. The van der Waals surface area contributed by atoms with E-state index in [1.807, 2.05) is 0 Å². The van der Waals surface area contributed by atoms with Gasteiger partial charge in [-0.1, -0.05) is 0 Å². The Kier molecular flexibility index (Phi) is 7.47. The summed E-state index contributed by atoms with van der Waals surface area (Å²) < 4.78 is 184. The summed E-state index contributed by atoms with van der Waals surface area (Å²) in [6.45, 7) is 2.68. The monoisotopic (exact) mass is 591 g/mol. The predicted octanol–water partition coefficient (Wildman–Crippen LogP) is 5.97. The van der Waals surface area contributed by atoms with Gasteiger partial charge in [0, 0.05) is 46.5 Å². The molecule has 0 unspecified atom stereocenters. The number of hydrogen-bond donors (Lipinski definition) is 0. The Morgan fingerprint density at radius 2 is 0.488 bits per heavy atom. The molecular weight excluding hydrogens is 575 g/mol. The lowest BCUT2D eigenvalue weighted by atomic mass is 9.12. The fourth-order valence-corrected chi connectivity index (χ4v) is 5.29. The van der Waals surface area contributed by atoms with Crippen LogP contribution in [0.2, 0.25) is 0 Å². The fraction of sp³-hybridized carbons (Fsp3) is 0.143. The molecule has 0 atom stereocenters. The van der Waals surface area contributed by atoms with E-state index in [1.54, 1.807) is 0 Å². The fourth-order valence-electron chi connectivity index (χ4n) is 5.29. The minimum atomic E-state index is -5.22. The molecule has 216 valence electrons. The lowest BCUT2D eigenvalue weighted by Gasteiger charge is -2.45. The lowest BCUT2D eigenvalue weighted by Crippen LogP contribution is -2.80. The average molecular weight is 591 g/mol. The largest absolute Gasteiger partial charge is 0.210 e. The molecule has 0 aromatic heterocycles. The minimum absolute atomic E-state index is 0.0746. The molecule has 41 heavy (non-hydrogen) atoms. The van der Waals surface area contributed by atoms with E-state index in [9.17, 15) is 17.6 Å². The Morgan fingerprint density at radius 1 is 0.317 bits per heavy atom. The van der Waals surface area contributed by atoms with E-state index in [-0.39, 0.29) is 24.3 Å². The Morgan fingerprint density at radius 3 is 0.659 bits per heavy atom. The maximum atomic E-state index is 16.0. The minimum Gasteiger partial charge on any atom is -0.210 e. The molecule has 0 radical (unpaired) electrons. The first-order valence-corrected chi connectivity index (χ1v) is 11.7. The van der Waals surface area contributed by atoms with Gasteiger partial charge in [-0.15, -0.1) is 21.9 Å². The first-order valence-electron chi connectivity index (χ1n) is 11.7. The van der Waals surface area contributed by atoms with Gasteiger partial charge < -0.3 is 0 Å². The third kappa shape index (κ3) is 4.19. The molecule has 0 aliphatic heterocycles. The van der Waals surface area contributed by atoms with Gasteiger partial charge in [-0.25, -0.2) is 52.7 Å². The molecule has 0 heterocycles. The number of hydrogen-bond acceptors (Lipinski definition) is 0. The summed E-state index contributed by atoms with van der Waals surface area (Å²) in [7, 11) is 0. The average Bonchev–Trinajstić information content (AvgIpc) is 2.87. The summed E-state index contributed by atoms with van der Waals surface area (Å²) in [5, 5.41) is 0. The molecule has 0 spiro atoms. The lowest BCUT2D eigenvalue weighted by molar-refractivity contribution is 0.533. The van der Waals surface area contributed by atoms with Crippen molar-refractivity contribution < 1.29 is 52.7 Å². The SMILES string of the molecule is Cc1c(F)cc(F)c([B-](c2c(F)cc(F)c(C)c2F)(c2c(F)cc(F)c(C)c2F)c2c(F)cc(F)c(C)c2F)c1F. The molecule has 4 aromatic rings. The highest BCUT2D eigenvalue weighted by Gasteiger charge is 2.48. The molecule has 0 saturated carbocycles. The second-order valence-electron chi connectivity index (χ2n) is 9.64. The van der Waals surface area contributed by atoms with Crippen molar-refractivity contribution in [3.05, 3.63) is 116 Å². The summed E-state index contributed by atoms with van der Waals surface area (Å²) in [5.74, 6) is -23.4. The molecule has 0 aliphatic rings. The highest BCUT2D eigenvalue weighted by Crippen LogP contribution is 2.27. The highest BCUT2D eigenvalue weighted by molar-refractivity contribution is 7.20. The van der Waals surface area contributed by atoms with E-state index >= 15 is 35.1 Å². The molecule has 0 fully saturated rings. The molecule has 0 bridgehead atoms. The zero-order chi connectivity index (χ0) is 30.9. The van der Waals surface area contributed by atoms with E-state index in [1.165, 1.54) is 0 Å². The van der Waals surface area contributed by atoms with Crippen LogP contribution < -0.4 is 21.9 Å². The number of halogens is 12. The summed E-state index contributed by atoms with van der Waals surface area (Å²) >= 11 is 0. The van der Waals surface area contributed by atoms with Crippen LogP contribution in [0.15, 0.2) is 24.3 Å². The van der Waals surface area contributed by atoms with Gasteiger partial charge in [-0.3, -0.25) is 0 Å². The molecule has 0 aliphatic carbocycles. The van der Waals surface area contributed by atoms with Crippen LogP contribution in [0.4, 0.5) is 52.7 Å². The summed E-state index contributed by atoms with van der Waals surface area (Å²) in [6, 6.07) is -0.298. The van der Waals surface area contributed by atoms with E-state index in [0.717, 1.165) is 0 Å². The normalized spacial score (nSPS) is 11.9. The quantitative estimate of drug-likeness (QED) is 0.203. The van der Waals surface area contributed by atoms with Gasteiger partial charge in [0.25, 0.3) is 0 Å². The molecular formula is C28H16BF12-. The van der Waals surface area contributed by atoms with Crippen molar-refractivity contribution in [1.82, 2.24) is 0 Å². The van der Waals surface area contributed by atoms with Gasteiger partial charge in [-0.2, -0.15) is 0 Å². The van der Waals surface area contributed by atoms with Crippen molar-refractivity contribution in [1.29, 1.82) is 0 Å². The van der Waals surface area contributed by atoms with E-state index in [4.69, 9.17) is 0 Å². The van der Waals surface area contributed by atoms with Gasteiger partial charge in [0.15, 0.2) is 0 Å². The van der Waals surface area contributed by atoms with Crippen LogP contribution in [-0.4, -0.2) is 6.15 Å². The molecule has 13 heteroatoms. The third-order valence-corrected chi connectivity index (χ3v) is 7.47. The molecule has 4 aromatic carbocycles. The molecule has 4 rings (SSSR count). The molecule has 0 nitrogen and oxygen atoms in total. The van der Waals surface area contributed by atoms with Crippen molar-refractivity contribution in [2.24, 2.45) is 0 Å². The Balaban J connectivity index is 2.57. The van der Waals surface area contributed by atoms with Gasteiger partial charge in [-0.05, 0) is 27.7 Å². The van der Waals surface area contributed by atoms with Crippen LogP contribution in [0.5, 0.6) is 0 Å². The van der Waals surface area contributed by atoms with Gasteiger partial charge >= 0.3 is 0 Å². The number of benzene rings is 4.